The average molecular weight is 346 g/mol. The van der Waals surface area contributed by atoms with Gasteiger partial charge in [0, 0.05) is 5.56 Å². The van der Waals surface area contributed by atoms with Crippen molar-refractivity contribution in [3.05, 3.63) is 53.3 Å². The van der Waals surface area contributed by atoms with Crippen molar-refractivity contribution in [1.29, 1.82) is 0 Å². The van der Waals surface area contributed by atoms with Crippen molar-refractivity contribution < 1.29 is 28.2 Å². The Balaban J connectivity index is 1.73. The lowest BCUT2D eigenvalue weighted by atomic mass is 10.1. The Kier molecular flexibility index (Phi) is 4.69. The number of carbonyl (C=O) groups excluding carboxylic acids is 2. The highest BCUT2D eigenvalue weighted by molar-refractivity contribution is 5.99. The van der Waals surface area contributed by atoms with Gasteiger partial charge in [-0.15, -0.1) is 0 Å². The molecule has 2 aromatic carbocycles. The molecule has 0 spiro atoms. The van der Waals surface area contributed by atoms with Crippen LogP contribution in [0.3, 0.4) is 0 Å². The summed E-state index contributed by atoms with van der Waals surface area (Å²) in [7, 11) is 1.44. The molecule has 0 saturated carbocycles. The van der Waals surface area contributed by atoms with E-state index in [1.807, 2.05) is 0 Å². The molecule has 0 atom stereocenters. The van der Waals surface area contributed by atoms with Crippen LogP contribution < -0.4 is 25.1 Å². The number of hydrogen-bond donors (Lipinski definition) is 2. The fourth-order valence-corrected chi connectivity index (χ4v) is 2.30. The summed E-state index contributed by atoms with van der Waals surface area (Å²) >= 11 is 0. The number of rotatable bonds is 3. The Hall–Kier alpha value is -3.29. The number of methoxy groups -OCH3 is 1. The molecule has 25 heavy (non-hydrogen) atoms. The molecule has 1 heterocycles. The molecule has 0 fully saturated rings. The van der Waals surface area contributed by atoms with Crippen LogP contribution in [0.4, 0.5) is 4.39 Å². The molecule has 2 aromatic rings. The Bertz CT molecular complexity index is 807. The topological polar surface area (TPSA) is 85.9 Å². The Labute approximate surface area is 142 Å². The van der Waals surface area contributed by atoms with Gasteiger partial charge < -0.3 is 14.2 Å². The van der Waals surface area contributed by atoms with Crippen molar-refractivity contribution >= 4 is 11.8 Å². The van der Waals surface area contributed by atoms with Crippen LogP contribution in [0.15, 0.2) is 36.4 Å². The van der Waals surface area contributed by atoms with Gasteiger partial charge in [-0.3, -0.25) is 20.4 Å². The SMILES string of the molecule is COc1cc(C(=O)NNC(=O)c2ccccc2F)cc2c1OCCO2. The predicted octanol–water partition coefficient (Wildman–Crippen LogP) is 1.68. The molecule has 0 saturated heterocycles. The zero-order valence-electron chi connectivity index (χ0n) is 13.3. The van der Waals surface area contributed by atoms with E-state index in [-0.39, 0.29) is 11.1 Å². The first-order valence-electron chi connectivity index (χ1n) is 7.43. The van der Waals surface area contributed by atoms with Crippen LogP contribution in [0.25, 0.3) is 0 Å². The minimum Gasteiger partial charge on any atom is -0.493 e. The molecule has 1 aliphatic rings. The van der Waals surface area contributed by atoms with Gasteiger partial charge in [0.2, 0.25) is 5.75 Å². The fourth-order valence-electron chi connectivity index (χ4n) is 2.30. The van der Waals surface area contributed by atoms with Gasteiger partial charge in [0.05, 0.1) is 12.7 Å². The summed E-state index contributed by atoms with van der Waals surface area (Å²) in [6.45, 7) is 0.735. The highest BCUT2D eigenvalue weighted by Gasteiger charge is 2.21. The van der Waals surface area contributed by atoms with Crippen LogP contribution in [0.2, 0.25) is 0 Å². The van der Waals surface area contributed by atoms with Crippen LogP contribution in [0.5, 0.6) is 17.2 Å². The minimum absolute atomic E-state index is 0.178. The first-order valence-corrected chi connectivity index (χ1v) is 7.43. The number of amides is 2. The standard InChI is InChI=1S/C17H15FN2O5/c1-23-13-8-10(9-14-15(13)25-7-6-24-14)16(21)19-20-17(22)11-4-2-3-5-12(11)18/h2-5,8-9H,6-7H2,1H3,(H,19,21)(H,20,22). The van der Waals surface area contributed by atoms with E-state index in [4.69, 9.17) is 14.2 Å². The first kappa shape index (κ1) is 16.6. The van der Waals surface area contributed by atoms with Crippen molar-refractivity contribution in [2.24, 2.45) is 0 Å². The van der Waals surface area contributed by atoms with Crippen LogP contribution in [0, 0.1) is 5.82 Å². The van der Waals surface area contributed by atoms with Gasteiger partial charge in [0.25, 0.3) is 11.8 Å². The highest BCUT2D eigenvalue weighted by Crippen LogP contribution is 2.40. The van der Waals surface area contributed by atoms with Gasteiger partial charge in [-0.1, -0.05) is 12.1 Å². The number of carbonyl (C=O) groups is 2. The van der Waals surface area contributed by atoms with Gasteiger partial charge in [-0.05, 0) is 24.3 Å². The summed E-state index contributed by atoms with van der Waals surface area (Å²) in [5, 5.41) is 0. The van der Waals surface area contributed by atoms with E-state index in [9.17, 15) is 14.0 Å². The van der Waals surface area contributed by atoms with Crippen molar-refractivity contribution in [3.63, 3.8) is 0 Å². The van der Waals surface area contributed by atoms with E-state index < -0.39 is 17.6 Å². The van der Waals surface area contributed by atoms with E-state index in [0.29, 0.717) is 30.5 Å². The molecule has 8 heteroatoms. The number of halogens is 1. The van der Waals surface area contributed by atoms with Gasteiger partial charge in [-0.2, -0.15) is 0 Å². The second-order valence-corrected chi connectivity index (χ2v) is 5.09. The van der Waals surface area contributed by atoms with Gasteiger partial charge in [-0.25, -0.2) is 4.39 Å². The van der Waals surface area contributed by atoms with Crippen LogP contribution >= 0.6 is 0 Å². The lowest BCUT2D eigenvalue weighted by Crippen LogP contribution is -2.42. The Morgan fingerprint density at radius 2 is 1.80 bits per heavy atom. The molecule has 2 N–H and O–H groups in total. The summed E-state index contributed by atoms with van der Waals surface area (Å²) in [5.41, 5.74) is 4.40. The molecule has 0 bridgehead atoms. The lowest BCUT2D eigenvalue weighted by molar-refractivity contribution is 0.0843. The van der Waals surface area contributed by atoms with E-state index in [0.717, 1.165) is 6.07 Å². The third-order valence-corrected chi connectivity index (χ3v) is 3.50. The van der Waals surface area contributed by atoms with Crippen LogP contribution in [0.1, 0.15) is 20.7 Å². The molecular weight excluding hydrogens is 331 g/mol. The molecule has 2 amide bonds. The van der Waals surface area contributed by atoms with Gasteiger partial charge >= 0.3 is 0 Å². The lowest BCUT2D eigenvalue weighted by Gasteiger charge is -2.21. The molecule has 7 nitrogen and oxygen atoms in total. The van der Waals surface area contributed by atoms with Crippen LogP contribution in [-0.2, 0) is 0 Å². The van der Waals surface area contributed by atoms with E-state index in [2.05, 4.69) is 10.9 Å². The third kappa shape index (κ3) is 3.47. The maximum Gasteiger partial charge on any atom is 0.272 e. The molecule has 1 aliphatic heterocycles. The quantitative estimate of drug-likeness (QED) is 0.826. The zero-order chi connectivity index (χ0) is 17.8. The van der Waals surface area contributed by atoms with E-state index >= 15 is 0 Å². The number of nitrogens with one attached hydrogen (secondary N) is 2. The average Bonchev–Trinajstić information content (AvgIpc) is 2.65. The monoisotopic (exact) mass is 346 g/mol. The predicted molar refractivity (Wildman–Crippen MR) is 85.3 cm³/mol. The normalized spacial score (nSPS) is 12.2. The minimum atomic E-state index is -0.768. The Morgan fingerprint density at radius 3 is 2.56 bits per heavy atom. The fraction of sp³-hybridized carbons (Fsp3) is 0.176. The van der Waals surface area contributed by atoms with Crippen LogP contribution in [-0.4, -0.2) is 32.1 Å². The zero-order valence-corrected chi connectivity index (χ0v) is 13.3. The first-order chi connectivity index (χ1) is 12.1. The van der Waals surface area contributed by atoms with E-state index in [1.165, 1.54) is 37.4 Å². The summed E-state index contributed by atoms with van der Waals surface area (Å²) in [4.78, 5) is 24.2. The van der Waals surface area contributed by atoms with Gasteiger partial charge in [0.15, 0.2) is 11.5 Å². The van der Waals surface area contributed by atoms with E-state index in [1.54, 1.807) is 0 Å². The largest absolute Gasteiger partial charge is 0.493 e. The van der Waals surface area contributed by atoms with Gasteiger partial charge in [0.1, 0.15) is 19.0 Å². The van der Waals surface area contributed by atoms with Crippen molar-refractivity contribution in [3.8, 4) is 17.2 Å². The molecule has 0 unspecified atom stereocenters. The van der Waals surface area contributed by atoms with Crippen molar-refractivity contribution in [2.75, 3.05) is 20.3 Å². The molecule has 130 valence electrons. The summed E-state index contributed by atoms with van der Waals surface area (Å²) < 4.78 is 29.6. The maximum absolute atomic E-state index is 13.6. The molecule has 0 aromatic heterocycles. The maximum atomic E-state index is 13.6. The number of benzene rings is 2. The third-order valence-electron chi connectivity index (χ3n) is 3.50. The smallest absolute Gasteiger partial charge is 0.272 e. The summed E-state index contributed by atoms with van der Waals surface area (Å²) in [6, 6.07) is 8.38. The van der Waals surface area contributed by atoms with Crippen molar-refractivity contribution in [1.82, 2.24) is 10.9 Å². The summed E-state index contributed by atoms with van der Waals surface area (Å²) in [5.74, 6) is -0.939. The number of hydrogen-bond acceptors (Lipinski definition) is 5. The number of hydrazine groups is 1. The molecule has 0 aliphatic carbocycles. The molecule has 0 radical (unpaired) electrons. The van der Waals surface area contributed by atoms with Crippen molar-refractivity contribution in [2.45, 2.75) is 0 Å². The summed E-state index contributed by atoms with van der Waals surface area (Å²) in [6.07, 6.45) is 0. The highest BCUT2D eigenvalue weighted by atomic mass is 19.1. The second-order valence-electron chi connectivity index (χ2n) is 5.09. The number of fused-ring (bicyclic) bond motifs is 1. The molecular formula is C17H15FN2O5. The second kappa shape index (κ2) is 7.08. The molecule has 3 rings (SSSR count). The number of ether oxygens (including phenoxy) is 3. The Morgan fingerprint density at radius 1 is 1.08 bits per heavy atom.